The smallest absolute Gasteiger partial charge is 0.0762 e. The Bertz CT molecular complexity index is 639. The first kappa shape index (κ1) is 13.7. The van der Waals surface area contributed by atoms with Crippen molar-refractivity contribution >= 4 is 27.3 Å². The molecule has 3 rings (SSSR count). The molecule has 1 aliphatic heterocycles. The normalized spacial score (nSPS) is 19.0. The maximum Gasteiger partial charge on any atom is 0.0762 e. The first-order chi connectivity index (χ1) is 9.58. The summed E-state index contributed by atoms with van der Waals surface area (Å²) in [7, 11) is 0. The minimum Gasteiger partial charge on any atom is -0.389 e. The van der Waals surface area contributed by atoms with Crippen molar-refractivity contribution in [2.24, 2.45) is 0 Å². The number of nitrogens with zero attached hydrogens (tertiary/aromatic N) is 1. The van der Waals surface area contributed by atoms with Crippen molar-refractivity contribution in [3.05, 3.63) is 58.1 Å². The fourth-order valence-corrected chi connectivity index (χ4v) is 3.50. The van der Waals surface area contributed by atoms with E-state index >= 15 is 0 Å². The van der Waals surface area contributed by atoms with Crippen LogP contribution in [0.15, 0.2) is 46.9 Å². The van der Waals surface area contributed by atoms with Crippen LogP contribution in [0.25, 0.3) is 0 Å². The summed E-state index contributed by atoms with van der Waals surface area (Å²) in [6.45, 7) is 4.03. The number of hydrogen-bond acceptors (Lipinski definition) is 2. The Kier molecular flexibility index (Phi) is 3.57. The van der Waals surface area contributed by atoms with Gasteiger partial charge in [-0.25, -0.2) is 0 Å². The van der Waals surface area contributed by atoms with Crippen molar-refractivity contribution in [3.8, 4) is 0 Å². The Morgan fingerprint density at radius 3 is 2.65 bits per heavy atom. The minimum absolute atomic E-state index is 0.441. The molecule has 2 atom stereocenters. The Morgan fingerprint density at radius 1 is 1.20 bits per heavy atom. The van der Waals surface area contributed by atoms with Gasteiger partial charge in [0.05, 0.1) is 11.8 Å². The number of aliphatic hydroxyl groups is 1. The van der Waals surface area contributed by atoms with E-state index in [0.717, 1.165) is 22.1 Å². The second-order valence-corrected chi connectivity index (χ2v) is 6.29. The van der Waals surface area contributed by atoms with E-state index in [0.29, 0.717) is 6.04 Å². The lowest BCUT2D eigenvalue weighted by Gasteiger charge is -2.26. The zero-order valence-electron chi connectivity index (χ0n) is 11.7. The Balaban J connectivity index is 2.05. The number of benzene rings is 2. The number of rotatable bonds is 2. The third-order valence-corrected chi connectivity index (χ3v) is 4.56. The fourth-order valence-electron chi connectivity index (χ4n) is 2.91. The number of anilines is 2. The van der Waals surface area contributed by atoms with Gasteiger partial charge in [-0.3, -0.25) is 0 Å². The third-order valence-electron chi connectivity index (χ3n) is 3.92. The van der Waals surface area contributed by atoms with E-state index < -0.39 is 6.10 Å². The Labute approximate surface area is 128 Å². The van der Waals surface area contributed by atoms with Crippen LogP contribution in [0.4, 0.5) is 11.4 Å². The van der Waals surface area contributed by atoms with Gasteiger partial charge in [0.1, 0.15) is 0 Å². The van der Waals surface area contributed by atoms with E-state index in [9.17, 15) is 5.11 Å². The van der Waals surface area contributed by atoms with Gasteiger partial charge in [0.25, 0.3) is 0 Å². The van der Waals surface area contributed by atoms with E-state index in [1.54, 1.807) is 6.92 Å². The second-order valence-electron chi connectivity index (χ2n) is 5.44. The highest BCUT2D eigenvalue weighted by Crippen LogP contribution is 2.41. The van der Waals surface area contributed by atoms with Crippen molar-refractivity contribution in [1.82, 2.24) is 0 Å². The van der Waals surface area contributed by atoms with Crippen molar-refractivity contribution in [2.45, 2.75) is 32.4 Å². The average molecular weight is 332 g/mol. The molecule has 0 fully saturated rings. The first-order valence-electron chi connectivity index (χ1n) is 6.92. The molecule has 0 saturated heterocycles. The number of fused-ring (bicyclic) bond motifs is 1. The summed E-state index contributed by atoms with van der Waals surface area (Å²) < 4.78 is 1.03. The molecule has 2 aromatic carbocycles. The van der Waals surface area contributed by atoms with Crippen LogP contribution in [0.3, 0.4) is 0 Å². The van der Waals surface area contributed by atoms with E-state index in [1.165, 1.54) is 11.3 Å². The number of aliphatic hydroxyl groups excluding tert-OH is 1. The lowest BCUT2D eigenvalue weighted by atomic mass is 10.1. The third kappa shape index (κ3) is 2.25. The topological polar surface area (TPSA) is 23.5 Å². The van der Waals surface area contributed by atoms with Crippen LogP contribution < -0.4 is 4.90 Å². The molecule has 2 nitrogen and oxygen atoms in total. The number of para-hydroxylation sites is 1. The summed E-state index contributed by atoms with van der Waals surface area (Å²) in [5.74, 6) is 0. The molecule has 2 unspecified atom stereocenters. The highest BCUT2D eigenvalue weighted by Gasteiger charge is 2.28. The van der Waals surface area contributed by atoms with E-state index in [-0.39, 0.29) is 0 Å². The summed E-state index contributed by atoms with van der Waals surface area (Å²) in [5.41, 5.74) is 4.77. The van der Waals surface area contributed by atoms with Crippen LogP contribution in [-0.4, -0.2) is 11.1 Å². The van der Waals surface area contributed by atoms with Crippen LogP contribution in [-0.2, 0) is 6.42 Å². The van der Waals surface area contributed by atoms with Gasteiger partial charge in [0.15, 0.2) is 0 Å². The van der Waals surface area contributed by atoms with Gasteiger partial charge >= 0.3 is 0 Å². The van der Waals surface area contributed by atoms with Gasteiger partial charge < -0.3 is 10.0 Å². The average Bonchev–Trinajstić information content (AvgIpc) is 2.74. The molecule has 3 heteroatoms. The van der Waals surface area contributed by atoms with Crippen molar-refractivity contribution in [1.29, 1.82) is 0 Å². The number of halogens is 1. The SMILES string of the molecule is CC(O)c1ccc(N2c3ccccc3CC2C)c(Br)c1. The van der Waals surface area contributed by atoms with E-state index in [2.05, 4.69) is 58.1 Å². The zero-order valence-corrected chi connectivity index (χ0v) is 13.3. The molecule has 0 spiro atoms. The summed E-state index contributed by atoms with van der Waals surface area (Å²) in [4.78, 5) is 2.37. The Hall–Kier alpha value is -1.32. The van der Waals surface area contributed by atoms with Gasteiger partial charge in [0.2, 0.25) is 0 Å². The second kappa shape index (κ2) is 5.23. The molecule has 1 heterocycles. The molecule has 1 aliphatic rings. The fraction of sp³-hybridized carbons (Fsp3) is 0.294. The predicted molar refractivity (Wildman–Crippen MR) is 86.5 cm³/mol. The monoisotopic (exact) mass is 331 g/mol. The largest absolute Gasteiger partial charge is 0.389 e. The summed E-state index contributed by atoms with van der Waals surface area (Å²) >= 11 is 3.65. The van der Waals surface area contributed by atoms with Gasteiger partial charge in [-0.1, -0.05) is 24.3 Å². The van der Waals surface area contributed by atoms with Gasteiger partial charge in [-0.2, -0.15) is 0 Å². The molecule has 2 aromatic rings. The molecular formula is C17H18BrNO. The highest BCUT2D eigenvalue weighted by atomic mass is 79.9. The summed E-state index contributed by atoms with van der Waals surface area (Å²) in [6, 6.07) is 15.1. The van der Waals surface area contributed by atoms with Gasteiger partial charge in [0, 0.05) is 16.2 Å². The molecular weight excluding hydrogens is 314 g/mol. The van der Waals surface area contributed by atoms with Crippen molar-refractivity contribution < 1.29 is 5.11 Å². The van der Waals surface area contributed by atoms with Crippen LogP contribution in [0.2, 0.25) is 0 Å². The number of hydrogen-bond donors (Lipinski definition) is 1. The van der Waals surface area contributed by atoms with Gasteiger partial charge in [-0.05, 0) is 65.5 Å². The first-order valence-corrected chi connectivity index (χ1v) is 7.72. The summed E-state index contributed by atoms with van der Waals surface area (Å²) in [5, 5.41) is 9.68. The standard InChI is InChI=1S/C17H18BrNO/c1-11-9-14-5-3-4-6-16(14)19(11)17-8-7-13(12(2)20)10-15(17)18/h3-8,10-12,20H,9H2,1-2H3. The molecule has 1 N–H and O–H groups in total. The minimum atomic E-state index is -0.441. The van der Waals surface area contributed by atoms with Crippen molar-refractivity contribution in [3.63, 3.8) is 0 Å². The molecule has 0 saturated carbocycles. The molecule has 0 amide bonds. The predicted octanol–water partition coefficient (Wildman–Crippen LogP) is 4.59. The quantitative estimate of drug-likeness (QED) is 0.870. The van der Waals surface area contributed by atoms with E-state index in [4.69, 9.17) is 0 Å². The molecule has 104 valence electrons. The van der Waals surface area contributed by atoms with Crippen LogP contribution in [0, 0.1) is 0 Å². The maximum atomic E-state index is 9.68. The zero-order chi connectivity index (χ0) is 14.3. The Morgan fingerprint density at radius 2 is 1.95 bits per heavy atom. The lowest BCUT2D eigenvalue weighted by molar-refractivity contribution is 0.199. The van der Waals surface area contributed by atoms with Crippen LogP contribution in [0.1, 0.15) is 31.1 Å². The van der Waals surface area contributed by atoms with Crippen molar-refractivity contribution in [2.75, 3.05) is 4.90 Å². The molecule has 0 radical (unpaired) electrons. The lowest BCUT2D eigenvalue weighted by Crippen LogP contribution is -2.24. The summed E-state index contributed by atoms with van der Waals surface area (Å²) in [6.07, 6.45) is 0.629. The van der Waals surface area contributed by atoms with Crippen LogP contribution in [0.5, 0.6) is 0 Å². The molecule has 0 aromatic heterocycles. The highest BCUT2D eigenvalue weighted by molar-refractivity contribution is 9.10. The maximum absolute atomic E-state index is 9.68. The van der Waals surface area contributed by atoms with E-state index in [1.807, 2.05) is 12.1 Å². The van der Waals surface area contributed by atoms with Crippen LogP contribution >= 0.6 is 15.9 Å². The molecule has 0 bridgehead atoms. The molecule has 0 aliphatic carbocycles. The molecule has 20 heavy (non-hydrogen) atoms. The van der Waals surface area contributed by atoms with Gasteiger partial charge in [-0.15, -0.1) is 0 Å².